The maximum atomic E-state index is 12.5. The topological polar surface area (TPSA) is 91.3 Å². The first-order valence-electron chi connectivity index (χ1n) is 18.3. The van der Waals surface area contributed by atoms with Crippen LogP contribution in [-0.4, -0.2) is 75.6 Å². The smallest absolute Gasteiger partial charge is 0.457 e. The summed E-state index contributed by atoms with van der Waals surface area (Å²) >= 11 is 0. The van der Waals surface area contributed by atoms with E-state index >= 15 is 0 Å². The number of likely N-dealkylation sites (N-methyl/N-ethyl adjacent to an activating group) is 1. The normalized spacial score (nSPS) is 14.0. The van der Waals surface area contributed by atoms with Crippen LogP contribution in [0.5, 0.6) is 0 Å². The SMILES string of the molecule is CCCCCCCCCCCCCCOCC(COP(=O)(O)OCC[N+](C)(C)C)OC(=O)CCCCCCCCCCCC. The molecule has 0 fully saturated rings. The summed E-state index contributed by atoms with van der Waals surface area (Å²) < 4.78 is 34.7. The van der Waals surface area contributed by atoms with Crippen molar-refractivity contribution in [3.05, 3.63) is 0 Å². The summed E-state index contributed by atoms with van der Waals surface area (Å²) in [6.07, 6.45) is 26.9. The molecule has 44 heavy (non-hydrogen) atoms. The standard InChI is InChI=1S/C35H72NO7P/c1-6-8-10-12-14-16-18-19-21-23-25-27-30-40-32-34(33-42-44(38,39)41-31-29-36(3,4)5)43-35(37)28-26-24-22-20-17-15-13-11-9-7-2/h34H,6-33H2,1-5H3/p+1. The number of phosphoric acid groups is 1. The van der Waals surface area contributed by atoms with E-state index in [1.54, 1.807) is 0 Å². The Morgan fingerprint density at radius 3 is 1.50 bits per heavy atom. The summed E-state index contributed by atoms with van der Waals surface area (Å²) in [6.45, 7) is 5.63. The van der Waals surface area contributed by atoms with Gasteiger partial charge in [-0.1, -0.05) is 142 Å². The van der Waals surface area contributed by atoms with Gasteiger partial charge in [-0.25, -0.2) is 4.57 Å². The predicted octanol–water partition coefficient (Wildman–Crippen LogP) is 9.77. The van der Waals surface area contributed by atoms with Gasteiger partial charge in [-0.05, 0) is 12.8 Å². The molecule has 0 aliphatic carbocycles. The second kappa shape index (κ2) is 29.9. The third-order valence-electron chi connectivity index (χ3n) is 7.92. The van der Waals surface area contributed by atoms with E-state index in [9.17, 15) is 14.3 Å². The Bertz CT molecular complexity index is 686. The number of esters is 1. The van der Waals surface area contributed by atoms with Gasteiger partial charge in [0.1, 0.15) is 19.3 Å². The second-order valence-electron chi connectivity index (χ2n) is 13.6. The number of unbranched alkanes of at least 4 members (excludes halogenated alkanes) is 20. The van der Waals surface area contributed by atoms with Gasteiger partial charge >= 0.3 is 13.8 Å². The average Bonchev–Trinajstić information content (AvgIpc) is 2.96. The number of nitrogens with zero attached hydrogens (tertiary/aromatic N) is 1. The highest BCUT2D eigenvalue weighted by molar-refractivity contribution is 7.47. The summed E-state index contributed by atoms with van der Waals surface area (Å²) in [6, 6.07) is 0. The summed E-state index contributed by atoms with van der Waals surface area (Å²) in [4.78, 5) is 22.7. The van der Waals surface area contributed by atoms with Gasteiger partial charge in [-0.15, -0.1) is 0 Å². The fourth-order valence-electron chi connectivity index (χ4n) is 5.02. The largest absolute Gasteiger partial charge is 0.472 e. The van der Waals surface area contributed by atoms with Crippen molar-refractivity contribution < 1.29 is 37.3 Å². The van der Waals surface area contributed by atoms with Gasteiger partial charge in [-0.3, -0.25) is 13.8 Å². The van der Waals surface area contributed by atoms with E-state index in [0.717, 1.165) is 32.1 Å². The van der Waals surface area contributed by atoms with E-state index in [-0.39, 0.29) is 25.8 Å². The van der Waals surface area contributed by atoms with Crippen molar-refractivity contribution in [2.45, 2.75) is 168 Å². The summed E-state index contributed by atoms with van der Waals surface area (Å²) in [5.74, 6) is -0.314. The molecule has 0 aromatic heterocycles. The molecule has 264 valence electrons. The number of phosphoric ester groups is 1. The molecule has 0 bridgehead atoms. The average molecular weight is 651 g/mol. The van der Waals surface area contributed by atoms with Gasteiger partial charge in [0, 0.05) is 13.0 Å². The Kier molecular flexibility index (Phi) is 29.5. The zero-order valence-electron chi connectivity index (χ0n) is 29.7. The van der Waals surface area contributed by atoms with Crippen LogP contribution >= 0.6 is 7.82 Å². The van der Waals surface area contributed by atoms with Crippen molar-refractivity contribution in [3.63, 3.8) is 0 Å². The highest BCUT2D eigenvalue weighted by Gasteiger charge is 2.26. The van der Waals surface area contributed by atoms with Gasteiger partial charge in [-0.2, -0.15) is 0 Å². The lowest BCUT2D eigenvalue weighted by Crippen LogP contribution is -2.37. The van der Waals surface area contributed by atoms with Crippen LogP contribution in [0.3, 0.4) is 0 Å². The Hall–Kier alpha value is -0.500. The van der Waals surface area contributed by atoms with Crippen molar-refractivity contribution in [1.29, 1.82) is 0 Å². The minimum atomic E-state index is -4.25. The van der Waals surface area contributed by atoms with Crippen LogP contribution < -0.4 is 0 Å². The maximum Gasteiger partial charge on any atom is 0.472 e. The van der Waals surface area contributed by atoms with Gasteiger partial charge < -0.3 is 18.9 Å². The highest BCUT2D eigenvalue weighted by Crippen LogP contribution is 2.43. The van der Waals surface area contributed by atoms with Gasteiger partial charge in [0.25, 0.3) is 0 Å². The van der Waals surface area contributed by atoms with E-state index in [1.807, 2.05) is 21.1 Å². The van der Waals surface area contributed by atoms with E-state index in [1.165, 1.54) is 109 Å². The number of carbonyl (C=O) groups excluding carboxylic acids is 1. The molecule has 0 aliphatic rings. The molecule has 2 atom stereocenters. The highest BCUT2D eigenvalue weighted by atomic mass is 31.2. The lowest BCUT2D eigenvalue weighted by molar-refractivity contribution is -0.870. The number of rotatable bonds is 34. The van der Waals surface area contributed by atoms with Crippen LogP contribution in [0.4, 0.5) is 0 Å². The van der Waals surface area contributed by atoms with Crippen LogP contribution in [0, 0.1) is 0 Å². The monoisotopic (exact) mass is 651 g/mol. The van der Waals surface area contributed by atoms with Crippen molar-refractivity contribution in [3.8, 4) is 0 Å². The molecular formula is C35H73NO7P+. The quantitative estimate of drug-likeness (QED) is 0.0321. The molecule has 0 rings (SSSR count). The number of ether oxygens (including phenoxy) is 2. The van der Waals surface area contributed by atoms with Crippen molar-refractivity contribution >= 4 is 13.8 Å². The Morgan fingerprint density at radius 1 is 0.614 bits per heavy atom. The zero-order chi connectivity index (χ0) is 32.8. The molecule has 0 saturated carbocycles. The molecule has 0 aliphatic heterocycles. The molecular weight excluding hydrogens is 577 g/mol. The van der Waals surface area contributed by atoms with E-state index in [0.29, 0.717) is 24.1 Å². The first-order valence-corrected chi connectivity index (χ1v) is 19.8. The number of hydrogen-bond donors (Lipinski definition) is 1. The molecule has 0 spiro atoms. The lowest BCUT2D eigenvalue weighted by atomic mass is 10.1. The van der Waals surface area contributed by atoms with Gasteiger partial charge in [0.05, 0.1) is 34.4 Å². The number of quaternary nitrogens is 1. The fourth-order valence-corrected chi connectivity index (χ4v) is 5.76. The van der Waals surface area contributed by atoms with Crippen molar-refractivity contribution in [2.75, 3.05) is 54.1 Å². The number of carbonyl (C=O) groups is 1. The minimum absolute atomic E-state index is 0.0932. The van der Waals surface area contributed by atoms with E-state index < -0.39 is 13.9 Å². The van der Waals surface area contributed by atoms with E-state index in [4.69, 9.17) is 18.5 Å². The lowest BCUT2D eigenvalue weighted by Gasteiger charge is -2.24. The second-order valence-corrected chi connectivity index (χ2v) is 15.1. The van der Waals surface area contributed by atoms with E-state index in [2.05, 4.69) is 13.8 Å². The molecule has 9 heteroatoms. The molecule has 0 amide bonds. The summed E-state index contributed by atoms with van der Waals surface area (Å²) in [7, 11) is 1.68. The van der Waals surface area contributed by atoms with Crippen LogP contribution in [-0.2, 0) is 27.9 Å². The molecule has 8 nitrogen and oxygen atoms in total. The van der Waals surface area contributed by atoms with Gasteiger partial charge in [0.15, 0.2) is 0 Å². The van der Waals surface area contributed by atoms with Crippen LogP contribution in [0.25, 0.3) is 0 Å². The fraction of sp³-hybridized carbons (Fsp3) is 0.971. The first kappa shape index (κ1) is 43.5. The third kappa shape index (κ3) is 32.9. The maximum absolute atomic E-state index is 12.5. The molecule has 0 saturated heterocycles. The molecule has 0 aromatic carbocycles. The van der Waals surface area contributed by atoms with Crippen LogP contribution in [0.15, 0.2) is 0 Å². The van der Waals surface area contributed by atoms with Crippen molar-refractivity contribution in [1.82, 2.24) is 0 Å². The molecule has 0 radical (unpaired) electrons. The minimum Gasteiger partial charge on any atom is -0.457 e. The molecule has 1 N–H and O–H groups in total. The predicted molar refractivity (Wildman–Crippen MR) is 183 cm³/mol. The molecule has 0 heterocycles. The Labute approximate surface area is 272 Å². The number of hydrogen-bond acceptors (Lipinski definition) is 6. The van der Waals surface area contributed by atoms with Crippen LogP contribution in [0.2, 0.25) is 0 Å². The third-order valence-corrected chi connectivity index (χ3v) is 8.90. The Balaban J connectivity index is 4.30. The first-order chi connectivity index (χ1) is 21.1. The molecule has 0 aromatic rings. The molecule has 2 unspecified atom stereocenters. The summed E-state index contributed by atoms with van der Waals surface area (Å²) in [5.41, 5.74) is 0. The Morgan fingerprint density at radius 2 is 1.05 bits per heavy atom. The van der Waals surface area contributed by atoms with Crippen molar-refractivity contribution in [2.24, 2.45) is 0 Å². The van der Waals surface area contributed by atoms with Crippen LogP contribution in [0.1, 0.15) is 162 Å². The zero-order valence-corrected chi connectivity index (χ0v) is 30.6. The van der Waals surface area contributed by atoms with Gasteiger partial charge in [0.2, 0.25) is 0 Å². The summed E-state index contributed by atoms with van der Waals surface area (Å²) in [5, 5.41) is 0.